The van der Waals surface area contributed by atoms with Crippen LogP contribution in [0.15, 0.2) is 38.9 Å². The summed E-state index contributed by atoms with van der Waals surface area (Å²) in [4.78, 5) is 60.9. The van der Waals surface area contributed by atoms with E-state index in [-0.39, 0.29) is 34.1 Å². The topological polar surface area (TPSA) is 78.1 Å². The van der Waals surface area contributed by atoms with Gasteiger partial charge in [-0.25, -0.2) is 0 Å². The van der Waals surface area contributed by atoms with Crippen LogP contribution >= 0.6 is 77.2 Å². The van der Waals surface area contributed by atoms with Crippen LogP contribution in [0.1, 0.15) is 285 Å². The quantitative estimate of drug-likeness (QED) is 0.0357. The highest BCUT2D eigenvalue weighted by molar-refractivity contribution is 9.11. The Hall–Kier alpha value is -1.70. The third-order valence-electron chi connectivity index (χ3n) is 17.0. The van der Waals surface area contributed by atoms with Gasteiger partial charge in [-0.2, -0.15) is 0 Å². The Morgan fingerprint density at radius 1 is 0.321 bits per heavy atom. The molecule has 0 spiro atoms. The Morgan fingerprint density at radius 3 is 0.808 bits per heavy atom. The van der Waals surface area contributed by atoms with Gasteiger partial charge in [0.25, 0.3) is 22.2 Å². The first-order valence-corrected chi connectivity index (χ1v) is 36.9. The van der Waals surface area contributed by atoms with E-state index in [1.807, 2.05) is 12.1 Å². The summed E-state index contributed by atoms with van der Waals surface area (Å²) in [7, 11) is 0. The fraction of sp³-hybridized carbons (Fsp3) is 0.727. The Kier molecular flexibility index (Phi) is 30.9. The first-order chi connectivity index (χ1) is 38.1. The highest BCUT2D eigenvalue weighted by atomic mass is 79.9. The molecular weight excluding hydrogens is 1170 g/mol. The second-order valence-corrected chi connectivity index (χ2v) is 30.4. The van der Waals surface area contributed by atoms with Crippen molar-refractivity contribution in [2.45, 2.75) is 298 Å². The van der Waals surface area contributed by atoms with Crippen molar-refractivity contribution in [2.24, 2.45) is 11.8 Å². The highest BCUT2D eigenvalue weighted by Gasteiger charge is 2.26. The van der Waals surface area contributed by atoms with E-state index in [1.54, 1.807) is 9.13 Å². The predicted molar refractivity (Wildman–Crippen MR) is 356 cm³/mol. The van der Waals surface area contributed by atoms with Crippen LogP contribution in [0.5, 0.6) is 0 Å². The van der Waals surface area contributed by atoms with Gasteiger partial charge in [-0.05, 0) is 81.5 Å². The fourth-order valence-electron chi connectivity index (χ4n) is 12.2. The number of fused-ring (bicyclic) bond motifs is 9. The number of rotatable bonds is 44. The van der Waals surface area contributed by atoms with E-state index in [4.69, 9.17) is 0 Å². The molecule has 436 valence electrons. The first-order valence-electron chi connectivity index (χ1n) is 32.0. The molecule has 0 aliphatic carbocycles. The zero-order valence-corrected chi connectivity index (χ0v) is 55.4. The normalized spacial score (nSPS) is 12.9. The van der Waals surface area contributed by atoms with E-state index in [2.05, 4.69) is 59.6 Å². The summed E-state index contributed by atoms with van der Waals surface area (Å²) < 4.78 is 9.58. The Balaban J connectivity index is 1.35. The molecule has 6 aromatic heterocycles. The van der Waals surface area contributed by atoms with Gasteiger partial charge >= 0.3 is 0 Å². The fourth-order valence-corrected chi connectivity index (χ4v) is 18.6. The maximum atomic E-state index is 15.5. The molecule has 0 amide bonds. The molecule has 6 aromatic rings. The molecule has 6 rings (SSSR count). The molecule has 0 saturated heterocycles. The third-order valence-corrected chi connectivity index (χ3v) is 23.1. The van der Waals surface area contributed by atoms with Crippen molar-refractivity contribution in [2.75, 3.05) is 0 Å². The Bertz CT molecular complexity index is 2750. The van der Waals surface area contributed by atoms with Gasteiger partial charge in [-0.3, -0.25) is 28.3 Å². The average molecular weight is 1270 g/mol. The molecule has 78 heavy (non-hydrogen) atoms. The van der Waals surface area contributed by atoms with E-state index >= 15 is 9.59 Å². The van der Waals surface area contributed by atoms with Crippen molar-refractivity contribution in [1.29, 1.82) is 0 Å². The lowest BCUT2D eigenvalue weighted by Gasteiger charge is -2.18. The molecule has 6 nitrogen and oxygen atoms in total. The summed E-state index contributed by atoms with van der Waals surface area (Å²) >= 11 is 13.5. The maximum absolute atomic E-state index is 15.5. The van der Waals surface area contributed by atoms with Gasteiger partial charge in [0.15, 0.2) is 0 Å². The van der Waals surface area contributed by atoms with Crippen molar-refractivity contribution < 1.29 is 0 Å². The largest absolute Gasteiger partial charge is 0.274 e. The SMILES string of the molecule is CCCCCCCCCCCCC(CCCCCCCCCC)Cn1c(=O)c2cc(Br)sc2c2sc3c(sc4c5sc(Br)cc5c(=O)n(CC(CCCCCCCCCC)CCCCCCCCCCCC)c(=O)c43)c2c1=O. The van der Waals surface area contributed by atoms with Gasteiger partial charge in [0.2, 0.25) is 0 Å². The molecule has 0 aliphatic heterocycles. The maximum Gasteiger partial charge on any atom is 0.263 e. The average Bonchev–Trinajstić information content (AvgIpc) is 4.36. The number of aromatic nitrogens is 2. The number of nitrogens with zero attached hydrogens (tertiary/aromatic N) is 2. The molecule has 2 atom stereocenters. The van der Waals surface area contributed by atoms with Crippen LogP contribution in [0.3, 0.4) is 0 Å². The molecule has 6 heterocycles. The van der Waals surface area contributed by atoms with Gasteiger partial charge in [-0.15, -0.1) is 45.3 Å². The molecule has 0 aliphatic rings. The zero-order valence-electron chi connectivity index (χ0n) is 48.9. The molecule has 12 heteroatoms. The van der Waals surface area contributed by atoms with Gasteiger partial charge in [0, 0.05) is 13.1 Å². The second-order valence-electron chi connectivity index (χ2n) is 23.5. The molecular formula is C66H100Br2N2O4S4. The first kappa shape index (κ1) is 65.5. The molecule has 0 saturated carbocycles. The minimum Gasteiger partial charge on any atom is -0.274 e. The second kappa shape index (κ2) is 36.8. The van der Waals surface area contributed by atoms with Gasteiger partial charge in [-0.1, -0.05) is 259 Å². The molecule has 0 radical (unpaired) electrons. The molecule has 0 aromatic carbocycles. The van der Waals surface area contributed by atoms with Crippen molar-refractivity contribution in [3.05, 3.63) is 61.1 Å². The lowest BCUT2D eigenvalue weighted by Crippen LogP contribution is -2.33. The monoisotopic (exact) mass is 1270 g/mol. The van der Waals surface area contributed by atoms with E-state index in [1.165, 1.54) is 251 Å². The number of hydrogen-bond donors (Lipinski definition) is 0. The summed E-state index contributed by atoms with van der Waals surface area (Å²) in [5.41, 5.74) is -0.900. The number of thiophene rings is 4. The summed E-state index contributed by atoms with van der Waals surface area (Å²) in [6, 6.07) is 3.81. The Labute approximate surface area is 502 Å². The standard InChI is InChI=1S/C66H100Br2N2O4S4/c1-5-9-13-17-21-25-27-31-35-39-43-49(41-37-33-29-23-19-15-11-7-3)47-69-63(71)51-45-53(67)75-57(51)59-55(65(69)73)61-62(77-59)56-60(78-61)58-52(46-54(68)76-58)64(72)70(66(56)74)48-50(42-38-34-30-24-20-16-12-8-4)44-40-36-32-28-26-22-18-14-10-6-2/h45-46,49-50H,5-44,47-48H2,1-4H3. The molecule has 0 bridgehead atoms. The number of halogens is 2. The smallest absolute Gasteiger partial charge is 0.263 e. The molecule has 0 N–H and O–H groups in total. The summed E-state index contributed by atoms with van der Waals surface area (Å²) in [6.07, 6.45) is 49.7. The van der Waals surface area contributed by atoms with Crippen molar-refractivity contribution in [3.63, 3.8) is 0 Å². The van der Waals surface area contributed by atoms with Crippen molar-refractivity contribution in [3.8, 4) is 0 Å². The van der Waals surface area contributed by atoms with Crippen LogP contribution < -0.4 is 22.2 Å². The van der Waals surface area contributed by atoms with Crippen molar-refractivity contribution >= 4 is 127 Å². The van der Waals surface area contributed by atoms with Crippen molar-refractivity contribution in [1.82, 2.24) is 9.13 Å². The van der Waals surface area contributed by atoms with E-state index < -0.39 is 0 Å². The summed E-state index contributed by atoms with van der Waals surface area (Å²) in [5.74, 6) is 0.444. The van der Waals surface area contributed by atoms with Crippen LogP contribution in [-0.4, -0.2) is 9.13 Å². The summed E-state index contributed by atoms with van der Waals surface area (Å²) in [5, 5.41) is 2.23. The number of unbranched alkanes of at least 4 members (excludes halogenated alkanes) is 32. The third kappa shape index (κ3) is 19.7. The van der Waals surface area contributed by atoms with Gasteiger partial charge < -0.3 is 0 Å². The van der Waals surface area contributed by atoms with Crippen LogP contribution in [-0.2, 0) is 13.1 Å². The van der Waals surface area contributed by atoms with Gasteiger partial charge in [0.1, 0.15) is 0 Å². The number of hydrogen-bond acceptors (Lipinski definition) is 8. The summed E-state index contributed by atoms with van der Waals surface area (Å²) in [6.45, 7) is 9.91. The lowest BCUT2D eigenvalue weighted by atomic mass is 9.93. The van der Waals surface area contributed by atoms with Crippen LogP contribution in [0.25, 0.3) is 49.7 Å². The zero-order chi connectivity index (χ0) is 55.5. The van der Waals surface area contributed by atoms with Crippen LogP contribution in [0.4, 0.5) is 0 Å². The Morgan fingerprint density at radius 2 is 0.551 bits per heavy atom. The highest BCUT2D eigenvalue weighted by Crippen LogP contribution is 2.47. The van der Waals surface area contributed by atoms with E-state index in [0.29, 0.717) is 34.6 Å². The molecule has 0 fully saturated rings. The predicted octanol–water partition coefficient (Wildman–Crippen LogP) is 23.2. The molecule has 2 unspecified atom stereocenters. The van der Waals surface area contributed by atoms with Gasteiger partial charge in [0.05, 0.1) is 57.3 Å². The minimum atomic E-state index is -0.240. The minimum absolute atomic E-state index is 0.210. The van der Waals surface area contributed by atoms with E-state index in [9.17, 15) is 9.59 Å². The van der Waals surface area contributed by atoms with Crippen LogP contribution in [0.2, 0.25) is 0 Å². The van der Waals surface area contributed by atoms with E-state index in [0.717, 1.165) is 87.1 Å². The van der Waals surface area contributed by atoms with Crippen LogP contribution in [0, 0.1) is 11.8 Å². The lowest BCUT2D eigenvalue weighted by molar-refractivity contribution is 0.350.